The second-order valence-corrected chi connectivity index (χ2v) is 18.3. The number of nitrogen functional groups attached to an aromatic ring is 1. The molecule has 11 atom stereocenters. The highest BCUT2D eigenvalue weighted by molar-refractivity contribution is 5.73. The van der Waals surface area contributed by atoms with Gasteiger partial charge in [0.05, 0.1) is 31.8 Å². The average molecular weight is 669 g/mol. The third-order valence-corrected chi connectivity index (χ3v) is 15.9. The van der Waals surface area contributed by atoms with E-state index in [1.54, 1.807) is 4.80 Å². The Morgan fingerprint density at radius 2 is 1.79 bits per heavy atom. The van der Waals surface area contributed by atoms with E-state index in [9.17, 15) is 9.90 Å². The van der Waals surface area contributed by atoms with Crippen LogP contribution in [0.25, 0.3) is 0 Å². The zero-order valence-electron chi connectivity index (χ0n) is 30.3. The summed E-state index contributed by atoms with van der Waals surface area (Å²) >= 11 is 0. The fourth-order valence-electron chi connectivity index (χ4n) is 12.7. The van der Waals surface area contributed by atoms with Gasteiger partial charge in [0, 0.05) is 29.6 Å². The lowest BCUT2D eigenvalue weighted by molar-refractivity contribution is -0.254. The summed E-state index contributed by atoms with van der Waals surface area (Å²) in [7, 11) is 0. The van der Waals surface area contributed by atoms with Crippen LogP contribution in [0.2, 0.25) is 0 Å². The Bertz CT molecular complexity index is 1440. The van der Waals surface area contributed by atoms with Crippen molar-refractivity contribution in [1.82, 2.24) is 20.2 Å². The number of aliphatic carboxylic acids is 1. The summed E-state index contributed by atoms with van der Waals surface area (Å²) in [6, 6.07) is -0.197. The van der Waals surface area contributed by atoms with E-state index >= 15 is 0 Å². The topological polar surface area (TPSA) is 161 Å². The van der Waals surface area contributed by atoms with Crippen LogP contribution in [0.1, 0.15) is 106 Å². The number of carboxylic acid groups (broad SMARTS) is 1. The van der Waals surface area contributed by atoms with Crippen molar-refractivity contribution in [3.8, 4) is 0 Å². The van der Waals surface area contributed by atoms with Gasteiger partial charge in [-0.25, -0.2) is 0 Å². The molecule has 2 bridgehead atoms. The third-order valence-electron chi connectivity index (χ3n) is 15.9. The number of anilines is 1. The van der Waals surface area contributed by atoms with Crippen molar-refractivity contribution < 1.29 is 24.1 Å². The highest BCUT2D eigenvalue weighted by Gasteiger charge is 2.72. The van der Waals surface area contributed by atoms with Gasteiger partial charge in [-0.05, 0) is 96.5 Å². The smallest absolute Gasteiger partial charge is 0.307 e. The minimum Gasteiger partial charge on any atom is -0.481 e. The summed E-state index contributed by atoms with van der Waals surface area (Å²) in [5, 5.41) is 24.2. The van der Waals surface area contributed by atoms with Gasteiger partial charge in [-0.2, -0.15) is 4.80 Å². The number of hydrogen-bond acceptors (Lipinski definition) is 9. The number of rotatable bonds is 7. The molecule has 5 fully saturated rings. The van der Waals surface area contributed by atoms with E-state index in [0.29, 0.717) is 50.8 Å². The normalized spacial score (nSPS) is 45.8. The van der Waals surface area contributed by atoms with Crippen molar-refractivity contribution >= 4 is 11.9 Å². The third kappa shape index (κ3) is 4.72. The van der Waals surface area contributed by atoms with Crippen molar-refractivity contribution in [2.75, 3.05) is 38.8 Å². The number of fused-ring (bicyclic) bond motifs is 3. The fraction of sp³-hybridized carbons (Fsp3) is 0.892. The molecular formula is C37H60N6O5. The quantitative estimate of drug-likeness (QED) is 0.326. The molecule has 11 heteroatoms. The van der Waals surface area contributed by atoms with Gasteiger partial charge in [0.1, 0.15) is 6.04 Å². The molecule has 1 aromatic rings. The van der Waals surface area contributed by atoms with Gasteiger partial charge in [0.2, 0.25) is 0 Å². The van der Waals surface area contributed by atoms with Gasteiger partial charge in [-0.15, -0.1) is 5.10 Å². The molecule has 0 spiro atoms. The van der Waals surface area contributed by atoms with Gasteiger partial charge < -0.3 is 30.8 Å². The van der Waals surface area contributed by atoms with Crippen molar-refractivity contribution in [3.05, 3.63) is 11.6 Å². The molecule has 6 aliphatic rings. The lowest BCUT2D eigenvalue weighted by atomic mass is 9.34. The summed E-state index contributed by atoms with van der Waals surface area (Å²) in [5.41, 5.74) is 12.6. The molecule has 3 saturated carbocycles. The highest BCUT2D eigenvalue weighted by atomic mass is 16.5. The summed E-state index contributed by atoms with van der Waals surface area (Å²) < 4.78 is 19.3. The standard InChI is InChI=1S/C37H60N6O5/c1-22(2)23(3)32(4)12-13-34(6)24-8-9-27-33(5)19-47-21-37(27,25(24)10-11-35(34,7)28(32)30(44)45)18-26(43-41-31(38)40-42-43)29(33)48-20-36(39)14-16-46-17-15-36/h10,22-24,26-29H,8-9,11-21,39H2,1-7H3,(H2,38,41)(H,44,45)/t23-,24+,26-,27+,28-,29+,32-,33?,34-,35+,37+/m1/s1. The molecule has 1 unspecified atom stereocenters. The molecule has 2 saturated heterocycles. The zero-order valence-corrected chi connectivity index (χ0v) is 30.3. The Balaban J connectivity index is 1.29. The van der Waals surface area contributed by atoms with E-state index in [4.69, 9.17) is 25.7 Å². The monoisotopic (exact) mass is 668 g/mol. The first kappa shape index (κ1) is 34.4. The molecule has 0 radical (unpaired) electrons. The van der Waals surface area contributed by atoms with Crippen LogP contribution >= 0.6 is 0 Å². The average Bonchev–Trinajstić information content (AvgIpc) is 3.46. The summed E-state index contributed by atoms with van der Waals surface area (Å²) in [4.78, 5) is 15.1. The van der Waals surface area contributed by atoms with Gasteiger partial charge in [0.15, 0.2) is 0 Å². The molecule has 0 aromatic carbocycles. The van der Waals surface area contributed by atoms with Crippen LogP contribution in [0, 0.1) is 56.7 Å². The van der Waals surface area contributed by atoms with Gasteiger partial charge in [0.25, 0.3) is 5.95 Å². The molecule has 7 rings (SSSR count). The number of tetrazole rings is 1. The molecule has 3 heterocycles. The molecule has 0 amide bonds. The van der Waals surface area contributed by atoms with E-state index in [1.807, 2.05) is 0 Å². The van der Waals surface area contributed by atoms with Crippen LogP contribution in [0.4, 0.5) is 5.95 Å². The zero-order chi connectivity index (χ0) is 34.5. The number of carboxylic acids is 1. The SMILES string of the molecule is CC(C)[C@@H](C)[C@@]1(C)CC[C@]2(C)[C@H]3CC[C@H]4C5(C)COC[C@@]4(C[C@@H](n4nnc(N)n4)[C@@H]5OCC4(N)CCOCC4)C3=CC[C@@]2(C)[C@@H]1C(=O)O. The summed E-state index contributed by atoms with van der Waals surface area (Å²) in [6.45, 7) is 19.1. The number of hydrogen-bond donors (Lipinski definition) is 3. The van der Waals surface area contributed by atoms with Gasteiger partial charge in [-0.3, -0.25) is 4.79 Å². The summed E-state index contributed by atoms with van der Waals surface area (Å²) in [5.74, 6) is 0.438. The van der Waals surface area contributed by atoms with Crippen LogP contribution in [-0.4, -0.2) is 76.0 Å². The Morgan fingerprint density at radius 3 is 2.44 bits per heavy atom. The number of allylic oxidation sites excluding steroid dienone is 1. The van der Waals surface area contributed by atoms with Crippen LogP contribution in [0.15, 0.2) is 11.6 Å². The van der Waals surface area contributed by atoms with Crippen molar-refractivity contribution in [1.29, 1.82) is 0 Å². The number of nitrogens with two attached hydrogens (primary N) is 2. The number of ether oxygens (including phenoxy) is 3. The predicted octanol–water partition coefficient (Wildman–Crippen LogP) is 5.28. The van der Waals surface area contributed by atoms with E-state index in [0.717, 1.165) is 51.4 Å². The molecule has 4 aliphatic carbocycles. The van der Waals surface area contributed by atoms with Crippen molar-refractivity contribution in [3.63, 3.8) is 0 Å². The Labute approximate surface area is 286 Å². The number of aromatic nitrogens is 4. The van der Waals surface area contributed by atoms with Crippen LogP contribution in [0.5, 0.6) is 0 Å². The molecular weight excluding hydrogens is 608 g/mol. The molecule has 268 valence electrons. The molecule has 5 N–H and O–H groups in total. The first-order valence-corrected chi connectivity index (χ1v) is 18.6. The second kappa shape index (κ2) is 11.5. The Morgan fingerprint density at radius 1 is 1.06 bits per heavy atom. The van der Waals surface area contributed by atoms with E-state index in [-0.39, 0.29) is 51.1 Å². The molecule has 11 nitrogen and oxygen atoms in total. The first-order valence-electron chi connectivity index (χ1n) is 18.6. The van der Waals surface area contributed by atoms with E-state index in [1.165, 1.54) is 5.57 Å². The van der Waals surface area contributed by atoms with E-state index < -0.39 is 17.4 Å². The van der Waals surface area contributed by atoms with E-state index in [2.05, 4.69) is 70.0 Å². The maximum absolute atomic E-state index is 13.4. The first-order chi connectivity index (χ1) is 22.5. The van der Waals surface area contributed by atoms with Crippen molar-refractivity contribution in [2.24, 2.45) is 62.4 Å². The number of carbonyl (C=O) groups is 1. The lowest BCUT2D eigenvalue weighted by Crippen LogP contribution is -2.69. The van der Waals surface area contributed by atoms with Gasteiger partial charge in [-0.1, -0.05) is 65.2 Å². The van der Waals surface area contributed by atoms with Crippen LogP contribution < -0.4 is 11.5 Å². The maximum Gasteiger partial charge on any atom is 0.307 e. The predicted molar refractivity (Wildman–Crippen MR) is 182 cm³/mol. The van der Waals surface area contributed by atoms with Crippen LogP contribution in [0.3, 0.4) is 0 Å². The molecule has 2 aliphatic heterocycles. The van der Waals surface area contributed by atoms with Gasteiger partial charge >= 0.3 is 5.97 Å². The maximum atomic E-state index is 13.4. The number of nitrogens with zero attached hydrogens (tertiary/aromatic N) is 4. The van der Waals surface area contributed by atoms with Crippen LogP contribution in [-0.2, 0) is 19.0 Å². The summed E-state index contributed by atoms with van der Waals surface area (Å²) in [6.07, 6.45) is 9.33. The Kier molecular flexibility index (Phi) is 8.21. The van der Waals surface area contributed by atoms with Crippen molar-refractivity contribution in [2.45, 2.75) is 118 Å². The molecule has 1 aromatic heterocycles. The highest BCUT2D eigenvalue weighted by Crippen LogP contribution is 2.75. The largest absolute Gasteiger partial charge is 0.481 e. The minimum absolute atomic E-state index is 0.155. The second-order valence-electron chi connectivity index (χ2n) is 18.3. The Hall–Kier alpha value is -2.08. The lowest BCUT2D eigenvalue weighted by Gasteiger charge is -2.71. The fourth-order valence-corrected chi connectivity index (χ4v) is 12.7. The minimum atomic E-state index is -0.634. The molecule has 48 heavy (non-hydrogen) atoms.